The van der Waals surface area contributed by atoms with Crippen LogP contribution in [0.1, 0.15) is 22.3 Å². The zero-order valence-electron chi connectivity index (χ0n) is 19.2. The Hall–Kier alpha value is -4.29. The molecule has 4 aromatic carbocycles. The Balaban J connectivity index is 1.67. The van der Waals surface area contributed by atoms with Gasteiger partial charge in [-0.15, -0.1) is 0 Å². The highest BCUT2D eigenvalue weighted by atomic mass is 35.5. The van der Waals surface area contributed by atoms with E-state index in [0.29, 0.717) is 21.7 Å². The Labute approximate surface area is 211 Å². The highest BCUT2D eigenvalue weighted by molar-refractivity contribution is 6.40. The van der Waals surface area contributed by atoms with Crippen molar-refractivity contribution < 1.29 is 18.8 Å². The van der Waals surface area contributed by atoms with Crippen molar-refractivity contribution >= 4 is 52.0 Å². The first-order valence-electron chi connectivity index (χ1n) is 11.2. The lowest BCUT2D eigenvalue weighted by atomic mass is 9.92. The second-order valence-electron chi connectivity index (χ2n) is 8.52. The lowest BCUT2D eigenvalue weighted by Crippen LogP contribution is -2.54. The molecule has 1 aliphatic heterocycles. The number of aryl methyl sites for hydroxylation is 1. The molecule has 0 atom stereocenters. The van der Waals surface area contributed by atoms with E-state index < -0.39 is 17.8 Å². The molecular formula is C29H20ClFN2O3. The molecule has 178 valence electrons. The summed E-state index contributed by atoms with van der Waals surface area (Å²) in [7, 11) is 0. The minimum atomic E-state index is -0.850. The normalized spacial score (nSPS) is 15.0. The Kier molecular flexibility index (Phi) is 6.12. The van der Waals surface area contributed by atoms with Gasteiger partial charge in [0, 0.05) is 11.4 Å². The summed E-state index contributed by atoms with van der Waals surface area (Å²) in [5, 5.41) is 4.29. The molecule has 0 aromatic heterocycles. The van der Waals surface area contributed by atoms with Crippen molar-refractivity contribution in [3.05, 3.63) is 118 Å². The maximum absolute atomic E-state index is 14.5. The number of barbiturate groups is 1. The number of rotatable bonds is 4. The molecule has 1 saturated heterocycles. The van der Waals surface area contributed by atoms with E-state index in [4.69, 9.17) is 11.6 Å². The van der Waals surface area contributed by atoms with Crippen LogP contribution in [0, 0.1) is 12.7 Å². The third-order valence-electron chi connectivity index (χ3n) is 6.20. The van der Waals surface area contributed by atoms with Gasteiger partial charge in [-0.2, -0.15) is 0 Å². The van der Waals surface area contributed by atoms with Crippen LogP contribution >= 0.6 is 11.6 Å². The summed E-state index contributed by atoms with van der Waals surface area (Å²) in [5.41, 5.74) is 2.54. The van der Waals surface area contributed by atoms with Gasteiger partial charge in [0.25, 0.3) is 11.8 Å². The van der Waals surface area contributed by atoms with E-state index in [1.165, 1.54) is 18.2 Å². The van der Waals surface area contributed by atoms with E-state index in [0.717, 1.165) is 21.2 Å². The predicted molar refractivity (Wildman–Crippen MR) is 138 cm³/mol. The molecule has 5 nitrogen and oxygen atoms in total. The van der Waals surface area contributed by atoms with E-state index in [1.54, 1.807) is 37.3 Å². The van der Waals surface area contributed by atoms with Crippen LogP contribution in [0.2, 0.25) is 5.02 Å². The minimum Gasteiger partial charge on any atom is -0.273 e. The standard InChI is InChI=1S/C29H20ClFN2O3/c1-17-10-13-21(30)15-26(17)33-28(35)24(27(34)32-29(33)36)16-23-19(14-20-7-3-5-9-25(20)31)12-11-18-6-2-4-8-22(18)23/h2-13,15-16H,14H2,1H3,(H,32,34,36)/b24-16+. The number of hydrogen-bond donors (Lipinski definition) is 1. The average molecular weight is 499 g/mol. The number of benzene rings is 4. The van der Waals surface area contributed by atoms with Crippen LogP contribution < -0.4 is 10.2 Å². The minimum absolute atomic E-state index is 0.208. The molecule has 36 heavy (non-hydrogen) atoms. The molecule has 4 aromatic rings. The number of carbonyl (C=O) groups excluding carboxylic acids is 3. The van der Waals surface area contributed by atoms with Gasteiger partial charge in [0.2, 0.25) is 0 Å². The quantitative estimate of drug-likeness (QED) is 0.269. The maximum Gasteiger partial charge on any atom is 0.335 e. The summed E-state index contributed by atoms with van der Waals surface area (Å²) in [6, 6.07) is 21.8. The molecule has 1 N–H and O–H groups in total. The smallest absolute Gasteiger partial charge is 0.273 e. The molecular weight excluding hydrogens is 479 g/mol. The number of halogens is 2. The van der Waals surface area contributed by atoms with Crippen molar-refractivity contribution in [1.29, 1.82) is 0 Å². The van der Waals surface area contributed by atoms with Crippen molar-refractivity contribution in [2.45, 2.75) is 13.3 Å². The van der Waals surface area contributed by atoms with Crippen LogP contribution in [-0.2, 0) is 16.0 Å². The molecule has 1 fully saturated rings. The van der Waals surface area contributed by atoms with Gasteiger partial charge in [-0.05, 0) is 64.2 Å². The molecule has 0 saturated carbocycles. The van der Waals surface area contributed by atoms with E-state index >= 15 is 0 Å². The van der Waals surface area contributed by atoms with Crippen molar-refractivity contribution in [3.8, 4) is 0 Å². The Morgan fingerprint density at radius 1 is 0.917 bits per heavy atom. The first-order chi connectivity index (χ1) is 17.3. The Morgan fingerprint density at radius 3 is 2.47 bits per heavy atom. The second kappa shape index (κ2) is 9.40. The van der Waals surface area contributed by atoms with Gasteiger partial charge in [0.1, 0.15) is 11.4 Å². The number of imide groups is 2. The van der Waals surface area contributed by atoms with Crippen molar-refractivity contribution in [2.75, 3.05) is 4.90 Å². The summed E-state index contributed by atoms with van der Waals surface area (Å²) in [4.78, 5) is 40.0. The number of hydrogen-bond acceptors (Lipinski definition) is 3. The summed E-state index contributed by atoms with van der Waals surface area (Å²) < 4.78 is 14.5. The summed E-state index contributed by atoms with van der Waals surface area (Å²) in [5.74, 6) is -1.91. The molecule has 0 radical (unpaired) electrons. The van der Waals surface area contributed by atoms with Gasteiger partial charge in [-0.25, -0.2) is 14.1 Å². The number of urea groups is 1. The molecule has 0 bridgehead atoms. The lowest BCUT2D eigenvalue weighted by Gasteiger charge is -2.28. The number of fused-ring (bicyclic) bond motifs is 1. The van der Waals surface area contributed by atoms with E-state index in [-0.39, 0.29) is 23.5 Å². The third-order valence-corrected chi connectivity index (χ3v) is 6.44. The number of carbonyl (C=O) groups is 3. The molecule has 4 amide bonds. The van der Waals surface area contributed by atoms with Crippen molar-refractivity contribution in [2.24, 2.45) is 0 Å². The Bertz CT molecular complexity index is 1600. The number of anilines is 1. The fourth-order valence-electron chi connectivity index (χ4n) is 4.36. The molecule has 7 heteroatoms. The van der Waals surface area contributed by atoms with Crippen LogP contribution in [0.25, 0.3) is 16.8 Å². The topological polar surface area (TPSA) is 66.5 Å². The highest BCUT2D eigenvalue weighted by Crippen LogP contribution is 2.31. The maximum atomic E-state index is 14.5. The van der Waals surface area contributed by atoms with Crippen LogP contribution in [0.15, 0.2) is 84.4 Å². The van der Waals surface area contributed by atoms with Gasteiger partial charge in [-0.1, -0.05) is 72.3 Å². The molecule has 5 rings (SSSR count). The molecule has 0 unspecified atom stereocenters. The van der Waals surface area contributed by atoms with Crippen LogP contribution in [0.3, 0.4) is 0 Å². The van der Waals surface area contributed by atoms with E-state index in [9.17, 15) is 18.8 Å². The first-order valence-corrected chi connectivity index (χ1v) is 11.6. The SMILES string of the molecule is Cc1ccc(Cl)cc1N1C(=O)NC(=O)/C(=C\c2c(Cc3ccccc3F)ccc3ccccc23)C1=O. The lowest BCUT2D eigenvalue weighted by molar-refractivity contribution is -0.122. The third kappa shape index (κ3) is 4.27. The second-order valence-corrected chi connectivity index (χ2v) is 8.95. The monoisotopic (exact) mass is 498 g/mol. The number of nitrogens with zero attached hydrogens (tertiary/aromatic N) is 1. The number of amides is 4. The average Bonchev–Trinajstić information content (AvgIpc) is 2.86. The first kappa shape index (κ1) is 23.5. The zero-order valence-corrected chi connectivity index (χ0v) is 20.0. The largest absolute Gasteiger partial charge is 0.335 e. The molecule has 1 heterocycles. The van der Waals surface area contributed by atoms with Crippen LogP contribution in [-0.4, -0.2) is 17.8 Å². The Morgan fingerprint density at radius 2 is 1.67 bits per heavy atom. The van der Waals surface area contributed by atoms with E-state index in [2.05, 4.69) is 5.32 Å². The molecule has 0 spiro atoms. The predicted octanol–water partition coefficient (Wildman–Crippen LogP) is 6.20. The van der Waals surface area contributed by atoms with Gasteiger partial charge in [0.15, 0.2) is 0 Å². The van der Waals surface area contributed by atoms with Crippen molar-refractivity contribution in [1.82, 2.24) is 5.32 Å². The van der Waals surface area contributed by atoms with Gasteiger partial charge < -0.3 is 0 Å². The van der Waals surface area contributed by atoms with E-state index in [1.807, 2.05) is 36.4 Å². The zero-order chi connectivity index (χ0) is 25.4. The summed E-state index contributed by atoms with van der Waals surface area (Å²) in [6.07, 6.45) is 1.73. The van der Waals surface area contributed by atoms with Crippen LogP contribution in [0.5, 0.6) is 0 Å². The number of nitrogens with one attached hydrogen (secondary N) is 1. The van der Waals surface area contributed by atoms with Gasteiger partial charge >= 0.3 is 6.03 Å². The fourth-order valence-corrected chi connectivity index (χ4v) is 4.52. The fraction of sp³-hybridized carbons (Fsp3) is 0.0690. The van der Waals surface area contributed by atoms with Crippen molar-refractivity contribution in [3.63, 3.8) is 0 Å². The summed E-state index contributed by atoms with van der Waals surface area (Å²) in [6.45, 7) is 1.74. The molecule has 1 aliphatic rings. The van der Waals surface area contributed by atoms with Gasteiger partial charge in [0.05, 0.1) is 5.69 Å². The highest BCUT2D eigenvalue weighted by Gasteiger charge is 2.37. The van der Waals surface area contributed by atoms with Crippen LogP contribution in [0.4, 0.5) is 14.9 Å². The molecule has 0 aliphatic carbocycles. The summed E-state index contributed by atoms with van der Waals surface area (Å²) >= 11 is 6.12. The van der Waals surface area contributed by atoms with Gasteiger partial charge in [-0.3, -0.25) is 14.9 Å².